The topological polar surface area (TPSA) is 56.9 Å². The molecule has 0 aliphatic carbocycles. The molecular weight excluding hydrogens is 210 g/mol. The van der Waals surface area contributed by atoms with Gasteiger partial charge < -0.3 is 15.6 Å². The summed E-state index contributed by atoms with van der Waals surface area (Å²) in [4.78, 5) is 13.7. The largest absolute Gasteiger partial charge is 0.315 e. The Hall–Kier alpha value is -0.650. The average Bonchev–Trinajstić information content (AvgIpc) is 2.76. The summed E-state index contributed by atoms with van der Waals surface area (Å²) in [5, 5.41) is 8.74. The summed E-state index contributed by atoms with van der Waals surface area (Å²) in [5.41, 5.74) is 1.21. The lowest BCUT2D eigenvalue weighted by Gasteiger charge is -2.24. The number of thiazole rings is 1. The van der Waals surface area contributed by atoms with E-state index in [1.165, 1.54) is 24.2 Å². The van der Waals surface area contributed by atoms with Crippen molar-refractivity contribution in [3.8, 4) is 0 Å². The van der Waals surface area contributed by atoms with E-state index in [2.05, 4.69) is 22.5 Å². The molecule has 1 aliphatic rings. The first-order valence-electron chi connectivity index (χ1n) is 5.30. The van der Waals surface area contributed by atoms with E-state index < -0.39 is 0 Å². The molecular formula is C10H17N3OS. The van der Waals surface area contributed by atoms with E-state index in [1.807, 2.05) is 5.38 Å². The normalized spacial score (nSPS) is 25.9. The predicted octanol–water partition coefficient (Wildman–Crippen LogP) is 0.668. The number of hydrogen-bond acceptors (Lipinski definition) is 4. The molecule has 4 nitrogen and oxygen atoms in total. The summed E-state index contributed by atoms with van der Waals surface area (Å²) in [7, 11) is 0. The molecule has 0 aromatic carbocycles. The fraction of sp³-hybridized carbons (Fsp3) is 0.700. The summed E-state index contributed by atoms with van der Waals surface area (Å²) >= 11 is 1.22. The standard InChI is InChI=1S/C10H17N3OS/c1-10(3-2-4-12-10)7-11-5-8-6-15-9(14)13-8/h6,11-12H,2-5,7H2,1H3,(H,13,14). The maximum atomic E-state index is 10.9. The van der Waals surface area contributed by atoms with Crippen molar-refractivity contribution < 1.29 is 0 Å². The molecule has 1 aromatic rings. The van der Waals surface area contributed by atoms with Gasteiger partial charge in [0.15, 0.2) is 0 Å². The van der Waals surface area contributed by atoms with Crippen LogP contribution >= 0.6 is 11.3 Å². The Bertz CT molecular complexity index is 365. The van der Waals surface area contributed by atoms with Gasteiger partial charge in [0, 0.05) is 29.7 Å². The van der Waals surface area contributed by atoms with Gasteiger partial charge in [-0.2, -0.15) is 0 Å². The van der Waals surface area contributed by atoms with Crippen molar-refractivity contribution in [3.63, 3.8) is 0 Å². The van der Waals surface area contributed by atoms with Crippen molar-refractivity contribution in [1.82, 2.24) is 15.6 Å². The molecule has 2 rings (SSSR count). The average molecular weight is 227 g/mol. The smallest absolute Gasteiger partial charge is 0.304 e. The van der Waals surface area contributed by atoms with Gasteiger partial charge in [-0.1, -0.05) is 11.3 Å². The van der Waals surface area contributed by atoms with Gasteiger partial charge in [0.05, 0.1) is 0 Å². The second-order valence-electron chi connectivity index (χ2n) is 4.37. The number of nitrogens with one attached hydrogen (secondary N) is 3. The van der Waals surface area contributed by atoms with Crippen LogP contribution in [0.1, 0.15) is 25.5 Å². The summed E-state index contributed by atoms with van der Waals surface area (Å²) in [5.74, 6) is 0. The highest BCUT2D eigenvalue weighted by molar-refractivity contribution is 7.07. The molecule has 0 bridgehead atoms. The maximum absolute atomic E-state index is 10.9. The van der Waals surface area contributed by atoms with Gasteiger partial charge in [-0.25, -0.2) is 0 Å². The van der Waals surface area contributed by atoms with Crippen molar-refractivity contribution in [2.24, 2.45) is 0 Å². The first-order chi connectivity index (χ1) is 7.18. The van der Waals surface area contributed by atoms with Crippen LogP contribution in [0.5, 0.6) is 0 Å². The molecule has 3 N–H and O–H groups in total. The Kier molecular flexibility index (Phi) is 3.23. The quantitative estimate of drug-likeness (QED) is 0.708. The SMILES string of the molecule is CC1(CNCc2csc(=O)[nH]2)CCCN1. The molecule has 1 aromatic heterocycles. The predicted molar refractivity (Wildman–Crippen MR) is 62.3 cm³/mol. The third-order valence-electron chi connectivity index (χ3n) is 2.86. The second-order valence-corrected chi connectivity index (χ2v) is 5.21. The van der Waals surface area contributed by atoms with Crippen LogP contribution in [0, 0.1) is 0 Å². The molecule has 1 unspecified atom stereocenters. The van der Waals surface area contributed by atoms with E-state index >= 15 is 0 Å². The zero-order valence-corrected chi connectivity index (χ0v) is 9.75. The molecule has 2 heterocycles. The highest BCUT2D eigenvalue weighted by atomic mass is 32.1. The molecule has 0 saturated carbocycles. The molecule has 0 radical (unpaired) electrons. The van der Waals surface area contributed by atoms with Crippen molar-refractivity contribution in [2.45, 2.75) is 31.8 Å². The van der Waals surface area contributed by atoms with E-state index in [1.54, 1.807) is 0 Å². The first kappa shape index (κ1) is 10.9. The number of rotatable bonds is 4. The summed E-state index contributed by atoms with van der Waals surface area (Å²) in [6.45, 7) is 5.05. The van der Waals surface area contributed by atoms with E-state index in [-0.39, 0.29) is 10.4 Å². The van der Waals surface area contributed by atoms with E-state index in [0.717, 1.165) is 25.3 Å². The van der Waals surface area contributed by atoms with E-state index in [0.29, 0.717) is 0 Å². The zero-order chi connectivity index (χ0) is 10.7. The van der Waals surface area contributed by atoms with Gasteiger partial charge in [0.25, 0.3) is 0 Å². The summed E-state index contributed by atoms with van der Waals surface area (Å²) in [6, 6.07) is 0. The van der Waals surface area contributed by atoms with Crippen LogP contribution in [-0.2, 0) is 6.54 Å². The maximum Gasteiger partial charge on any atom is 0.304 e. The molecule has 1 fully saturated rings. The fourth-order valence-electron chi connectivity index (χ4n) is 1.98. The molecule has 0 spiro atoms. The van der Waals surface area contributed by atoms with E-state index in [4.69, 9.17) is 0 Å². The lowest BCUT2D eigenvalue weighted by molar-refractivity contribution is 0.384. The molecule has 1 aliphatic heterocycles. The van der Waals surface area contributed by atoms with Gasteiger partial charge in [0.2, 0.25) is 0 Å². The summed E-state index contributed by atoms with van der Waals surface area (Å²) < 4.78 is 0. The zero-order valence-electron chi connectivity index (χ0n) is 8.93. The van der Waals surface area contributed by atoms with Gasteiger partial charge in [0.1, 0.15) is 0 Å². The molecule has 0 amide bonds. The minimum Gasteiger partial charge on any atom is -0.315 e. The van der Waals surface area contributed by atoms with Crippen LogP contribution in [-0.4, -0.2) is 23.6 Å². The van der Waals surface area contributed by atoms with Crippen molar-refractivity contribution in [1.29, 1.82) is 0 Å². The van der Waals surface area contributed by atoms with Crippen LogP contribution in [0.2, 0.25) is 0 Å². The van der Waals surface area contributed by atoms with Crippen molar-refractivity contribution >= 4 is 11.3 Å². The van der Waals surface area contributed by atoms with Gasteiger partial charge in [-0.05, 0) is 26.3 Å². The third kappa shape index (κ3) is 2.90. The molecule has 15 heavy (non-hydrogen) atoms. The van der Waals surface area contributed by atoms with Gasteiger partial charge >= 0.3 is 4.87 Å². The van der Waals surface area contributed by atoms with Gasteiger partial charge in [-0.15, -0.1) is 0 Å². The second kappa shape index (κ2) is 4.47. The van der Waals surface area contributed by atoms with Crippen molar-refractivity contribution in [3.05, 3.63) is 20.7 Å². The highest BCUT2D eigenvalue weighted by Crippen LogP contribution is 2.17. The Morgan fingerprint density at radius 3 is 3.13 bits per heavy atom. The minimum absolute atomic E-state index is 0.0250. The Morgan fingerprint density at radius 2 is 2.53 bits per heavy atom. The minimum atomic E-state index is 0.0250. The molecule has 5 heteroatoms. The van der Waals surface area contributed by atoms with Crippen LogP contribution < -0.4 is 15.5 Å². The fourth-order valence-corrected chi connectivity index (χ4v) is 2.56. The first-order valence-corrected chi connectivity index (χ1v) is 6.18. The number of hydrogen-bond donors (Lipinski definition) is 3. The Morgan fingerprint density at radius 1 is 1.67 bits per heavy atom. The monoisotopic (exact) mass is 227 g/mol. The Balaban J connectivity index is 1.77. The number of aromatic amines is 1. The van der Waals surface area contributed by atoms with Crippen LogP contribution in [0.15, 0.2) is 10.2 Å². The van der Waals surface area contributed by atoms with Crippen LogP contribution in [0.25, 0.3) is 0 Å². The lowest BCUT2D eigenvalue weighted by Crippen LogP contribution is -2.45. The lowest BCUT2D eigenvalue weighted by atomic mass is 10.0. The number of H-pyrrole nitrogens is 1. The van der Waals surface area contributed by atoms with Crippen molar-refractivity contribution in [2.75, 3.05) is 13.1 Å². The third-order valence-corrected chi connectivity index (χ3v) is 3.58. The van der Waals surface area contributed by atoms with Crippen LogP contribution in [0.4, 0.5) is 0 Å². The van der Waals surface area contributed by atoms with E-state index in [9.17, 15) is 4.79 Å². The highest BCUT2D eigenvalue weighted by Gasteiger charge is 2.26. The number of aromatic nitrogens is 1. The Labute approximate surface area is 93.1 Å². The summed E-state index contributed by atoms with van der Waals surface area (Å²) in [6.07, 6.45) is 2.48. The molecule has 84 valence electrons. The molecule has 1 saturated heterocycles. The van der Waals surface area contributed by atoms with Crippen LogP contribution in [0.3, 0.4) is 0 Å². The van der Waals surface area contributed by atoms with Gasteiger partial charge in [-0.3, -0.25) is 4.79 Å². The molecule has 1 atom stereocenters.